The number of hydrogen-bond donors (Lipinski definition) is 6. The van der Waals surface area contributed by atoms with Gasteiger partial charge in [0.25, 0.3) is 0 Å². The summed E-state index contributed by atoms with van der Waals surface area (Å²) in [6, 6.07) is 8.24. The summed E-state index contributed by atoms with van der Waals surface area (Å²) in [7, 11) is 3.34. The lowest BCUT2D eigenvalue weighted by Crippen LogP contribution is -2.49. The van der Waals surface area contributed by atoms with E-state index in [1.54, 1.807) is 79.7 Å². The number of aromatic nitrogens is 4. The third-order valence-corrected chi connectivity index (χ3v) is 15.5. The molecule has 0 aliphatic rings. The van der Waals surface area contributed by atoms with Crippen LogP contribution >= 0.6 is 69.3 Å². The van der Waals surface area contributed by atoms with Gasteiger partial charge < -0.3 is 51.4 Å². The van der Waals surface area contributed by atoms with Crippen LogP contribution in [0.2, 0.25) is 0 Å². The van der Waals surface area contributed by atoms with E-state index in [1.165, 1.54) is 50.2 Å². The number of ether oxygens (including phenoxy) is 2. The molecule has 0 aliphatic carbocycles. The van der Waals surface area contributed by atoms with Gasteiger partial charge in [-0.3, -0.25) is 24.7 Å². The van der Waals surface area contributed by atoms with E-state index in [2.05, 4.69) is 60.3 Å². The Labute approximate surface area is 521 Å². The first kappa shape index (κ1) is 78.7. The number of hydrogen-bond acceptors (Lipinski definition) is 17. The van der Waals surface area contributed by atoms with Gasteiger partial charge in [-0.15, -0.1) is 69.3 Å². The molecule has 0 bridgehead atoms. The number of nitrogens with zero attached hydrogens (tertiary/aromatic N) is 6. The topological polar surface area (TPSA) is 273 Å². The SMILES string of the molecule is C.C.C.CC(C)[C@H](NC(=O)N(C)Cc1cncs1)C(=O)O.CC[C@@H](CC[C@@H](CC(=O)[C@@H](NC(=O)N(C)Cc1cncs1)C(C)C)Cc1ccccc1)NC(=O)OCc1cncs1.CC[C@H](N)CC[C@H](CC)NC(=O)OCc1cncs1.I. The Hall–Kier alpha value is -5.35. The number of nitrogens with one attached hydrogen (secondary N) is 4. The minimum absolute atomic E-state index is 0. The van der Waals surface area contributed by atoms with Crippen molar-refractivity contribution < 1.29 is 43.3 Å². The standard InChI is InChI=1S/C30H41N5O4S2.C13H23N3O2S.C11H17N3O3S.3CH4.HI/c1-5-24(33-30(38)39-18-26-16-32-20-41-26)12-11-23(13-22-9-7-6-8-10-22)14-27(36)28(21(2)3)34-29(37)35(4)17-25-15-31-19-40-25;1-3-10(14)5-6-11(4-2)16-13(17)18-8-12-7-15-9-19-12;1-7(2)9(10(15)16)13-11(17)14(3)5-8-4-12-6-18-8;;;;/h6-10,15-16,19-21,23-24,28H,5,11-14,17-18H2,1-4H3,(H,33,38)(H,34,37);7,9-11H,3-6,8,14H2,1-2H3,(H,16,17);4,6-7,9H,5H2,1-3H3,(H,13,17)(H,15,16);3*1H4;1H/t23-,24+,28+;10-,11-;9-;;;;/m100..../s1. The molecule has 0 saturated heterocycles. The van der Waals surface area contributed by atoms with Gasteiger partial charge in [0.1, 0.15) is 19.3 Å². The van der Waals surface area contributed by atoms with Crippen molar-refractivity contribution in [3.63, 3.8) is 0 Å². The maximum Gasteiger partial charge on any atom is 0.407 e. The quantitative estimate of drug-likeness (QED) is 0.0243. The number of Topliss-reactive ketones (excluding diaryl/α,β-unsaturated/α-hetero) is 1. The molecule has 20 nitrogen and oxygen atoms in total. The monoisotopic (exact) mass is 1330 g/mol. The number of thiazole rings is 4. The summed E-state index contributed by atoms with van der Waals surface area (Å²) in [6.45, 7) is 14.9. The molecule has 7 N–H and O–H groups in total. The van der Waals surface area contributed by atoms with Crippen LogP contribution in [0, 0.1) is 17.8 Å². The number of carboxylic acid groups (broad SMARTS) is 1. The minimum Gasteiger partial charge on any atom is -0.480 e. The Morgan fingerprint density at radius 1 is 0.585 bits per heavy atom. The van der Waals surface area contributed by atoms with Gasteiger partial charge >= 0.3 is 30.2 Å². The third kappa shape index (κ3) is 31.9. The average molecular weight is 1330 g/mol. The van der Waals surface area contributed by atoms with Crippen molar-refractivity contribution >= 4 is 105 Å². The van der Waals surface area contributed by atoms with E-state index in [0.29, 0.717) is 25.9 Å². The van der Waals surface area contributed by atoms with Crippen LogP contribution in [-0.2, 0) is 51.8 Å². The molecule has 25 heteroatoms. The first-order chi connectivity index (χ1) is 37.3. The number of carbonyl (C=O) groups is 6. The van der Waals surface area contributed by atoms with Crippen LogP contribution in [0.4, 0.5) is 19.2 Å². The summed E-state index contributed by atoms with van der Waals surface area (Å²) in [4.78, 5) is 96.1. The number of ketones is 1. The molecule has 0 unspecified atom stereocenters. The molecule has 0 saturated carbocycles. The van der Waals surface area contributed by atoms with E-state index in [1.807, 2.05) is 45.9 Å². The van der Waals surface area contributed by atoms with Crippen LogP contribution < -0.4 is 27.0 Å². The lowest BCUT2D eigenvalue weighted by atomic mass is 9.85. The summed E-state index contributed by atoms with van der Waals surface area (Å²) < 4.78 is 10.5. The van der Waals surface area contributed by atoms with Gasteiger partial charge in [0.2, 0.25) is 0 Å². The number of alkyl carbamates (subject to hydrolysis) is 2. The smallest absolute Gasteiger partial charge is 0.407 e. The number of rotatable bonds is 29. The highest BCUT2D eigenvalue weighted by Gasteiger charge is 2.29. The molecular formula is C57H94IN11O9S4. The molecule has 6 atom stereocenters. The zero-order chi connectivity index (χ0) is 57.4. The number of carboxylic acids is 1. The maximum absolute atomic E-state index is 13.6. The number of nitrogens with two attached hydrogens (primary N) is 1. The summed E-state index contributed by atoms with van der Waals surface area (Å²) >= 11 is 5.85. The average Bonchev–Trinajstić information content (AvgIpc) is 4.30. The van der Waals surface area contributed by atoms with E-state index >= 15 is 0 Å². The van der Waals surface area contributed by atoms with E-state index < -0.39 is 30.2 Å². The fourth-order valence-electron chi connectivity index (χ4n) is 7.64. The van der Waals surface area contributed by atoms with Gasteiger partial charge in [0.15, 0.2) is 5.78 Å². The second-order valence-electron chi connectivity index (χ2n) is 19.5. The highest BCUT2D eigenvalue weighted by molar-refractivity contribution is 14.0. The molecule has 6 amide bonds. The Morgan fingerprint density at radius 3 is 1.35 bits per heavy atom. The van der Waals surface area contributed by atoms with Crippen LogP contribution in [0.1, 0.15) is 147 Å². The van der Waals surface area contributed by atoms with Gasteiger partial charge in [-0.25, -0.2) is 24.0 Å². The van der Waals surface area contributed by atoms with Crippen LogP contribution in [0.5, 0.6) is 0 Å². The second-order valence-corrected chi connectivity index (χ2v) is 23.3. The van der Waals surface area contributed by atoms with Crippen LogP contribution in [0.15, 0.2) is 77.2 Å². The zero-order valence-electron chi connectivity index (χ0n) is 46.8. The lowest BCUT2D eigenvalue weighted by molar-refractivity contribution is -0.140. The summed E-state index contributed by atoms with van der Waals surface area (Å²) in [5, 5.41) is 20.3. The maximum atomic E-state index is 13.6. The molecular weight excluding hydrogens is 1240 g/mol. The van der Waals surface area contributed by atoms with Gasteiger partial charge in [-0.2, -0.15) is 0 Å². The van der Waals surface area contributed by atoms with E-state index in [9.17, 15) is 28.8 Å². The largest absolute Gasteiger partial charge is 0.480 e. The van der Waals surface area contributed by atoms with E-state index in [-0.39, 0.29) is 113 Å². The van der Waals surface area contributed by atoms with Gasteiger partial charge in [-0.1, -0.05) is 101 Å². The molecule has 0 aliphatic heterocycles. The summed E-state index contributed by atoms with van der Waals surface area (Å²) in [6.07, 6.45) is 12.9. The number of aliphatic carboxylic acids is 1. The fourth-order valence-corrected chi connectivity index (χ4v) is 9.94. The van der Waals surface area contributed by atoms with E-state index in [4.69, 9.17) is 20.3 Å². The molecule has 0 radical (unpaired) electrons. The molecule has 0 spiro atoms. The molecule has 5 rings (SSSR count). The number of benzene rings is 1. The molecule has 0 fully saturated rings. The van der Waals surface area contributed by atoms with Crippen LogP contribution in [0.25, 0.3) is 0 Å². The first-order valence-corrected chi connectivity index (χ1v) is 29.8. The molecule has 4 aromatic heterocycles. The Kier molecular flexibility index (Phi) is 42.4. The van der Waals surface area contributed by atoms with Crippen LogP contribution in [-0.4, -0.2) is 115 Å². The van der Waals surface area contributed by atoms with Crippen LogP contribution in [0.3, 0.4) is 0 Å². The normalized spacial score (nSPS) is 12.5. The molecule has 4 heterocycles. The zero-order valence-corrected chi connectivity index (χ0v) is 52.4. The Morgan fingerprint density at radius 2 is 0.988 bits per heavy atom. The fraction of sp³-hybridized carbons (Fsp3) is 0.579. The predicted molar refractivity (Wildman–Crippen MR) is 344 cm³/mol. The van der Waals surface area contributed by atoms with Crippen molar-refractivity contribution in [2.24, 2.45) is 23.5 Å². The Bertz CT molecular complexity index is 2440. The highest BCUT2D eigenvalue weighted by atomic mass is 127. The van der Waals surface area contributed by atoms with Crippen molar-refractivity contribution in [3.8, 4) is 0 Å². The second kappa shape index (κ2) is 44.2. The summed E-state index contributed by atoms with van der Waals surface area (Å²) in [5.74, 6) is -1.17. The number of halogens is 1. The molecule has 82 heavy (non-hydrogen) atoms. The predicted octanol–water partition coefficient (Wildman–Crippen LogP) is 12.7. The van der Waals surface area contributed by atoms with Gasteiger partial charge in [0, 0.05) is 73.2 Å². The lowest BCUT2D eigenvalue weighted by Gasteiger charge is -2.27. The van der Waals surface area contributed by atoms with Crippen molar-refractivity contribution in [2.75, 3.05) is 14.1 Å². The van der Waals surface area contributed by atoms with Crippen molar-refractivity contribution in [1.82, 2.24) is 51.0 Å². The number of carbonyl (C=O) groups excluding carboxylic acids is 5. The first-order valence-electron chi connectivity index (χ1n) is 26.3. The number of urea groups is 2. The summed E-state index contributed by atoms with van der Waals surface area (Å²) in [5.41, 5.74) is 13.9. The Balaban J connectivity index is 0. The van der Waals surface area contributed by atoms with Gasteiger partial charge in [-0.05, 0) is 74.7 Å². The minimum atomic E-state index is -1.02. The van der Waals surface area contributed by atoms with Gasteiger partial charge in [0.05, 0.1) is 50.9 Å². The molecule has 1 aromatic carbocycles. The highest BCUT2D eigenvalue weighted by Crippen LogP contribution is 2.23. The molecule has 462 valence electrons. The van der Waals surface area contributed by atoms with Crippen molar-refractivity contribution in [3.05, 3.63) is 102 Å². The van der Waals surface area contributed by atoms with Crippen molar-refractivity contribution in [2.45, 2.75) is 185 Å². The molecule has 5 aromatic rings. The number of amides is 6. The van der Waals surface area contributed by atoms with Crippen molar-refractivity contribution in [1.29, 1.82) is 0 Å². The van der Waals surface area contributed by atoms with E-state index in [0.717, 1.165) is 70.0 Å². The third-order valence-electron chi connectivity index (χ3n) is 12.4.